The molecule has 1 aromatic carbocycles. The number of nitro groups is 1. The van der Waals surface area contributed by atoms with Gasteiger partial charge in [-0.25, -0.2) is 4.39 Å². The molecule has 0 aliphatic rings. The first-order valence-corrected chi connectivity index (χ1v) is 6.40. The summed E-state index contributed by atoms with van der Waals surface area (Å²) in [5.74, 6) is 0.165. The van der Waals surface area contributed by atoms with Crippen molar-refractivity contribution >= 4 is 5.69 Å². The van der Waals surface area contributed by atoms with Gasteiger partial charge in [-0.15, -0.1) is 10.2 Å². The highest BCUT2D eigenvalue weighted by atomic mass is 19.1. The Kier molecular flexibility index (Phi) is 4.27. The lowest BCUT2D eigenvalue weighted by molar-refractivity contribution is -0.385. The molecule has 0 amide bonds. The van der Waals surface area contributed by atoms with E-state index in [1.54, 1.807) is 4.57 Å². The molecular formula is C13H15FN4O3. The summed E-state index contributed by atoms with van der Waals surface area (Å²) in [6, 6.07) is 3.25. The monoisotopic (exact) mass is 294 g/mol. The lowest BCUT2D eigenvalue weighted by atomic mass is 10.1. The van der Waals surface area contributed by atoms with Crippen LogP contribution in [-0.4, -0.2) is 24.8 Å². The molecule has 0 aliphatic heterocycles. The molecule has 0 aliphatic carbocycles. The van der Waals surface area contributed by atoms with Crippen LogP contribution in [0, 0.1) is 21.8 Å². The van der Waals surface area contributed by atoms with Crippen molar-refractivity contribution in [1.82, 2.24) is 14.8 Å². The predicted molar refractivity (Wildman–Crippen MR) is 72.8 cm³/mol. The van der Waals surface area contributed by atoms with Crippen LogP contribution < -0.4 is 0 Å². The average Bonchev–Trinajstić information content (AvgIpc) is 2.80. The molecule has 1 heterocycles. The number of aromatic nitrogens is 3. The third-order valence-corrected chi connectivity index (χ3v) is 2.87. The third kappa shape index (κ3) is 3.22. The third-order valence-electron chi connectivity index (χ3n) is 2.87. The Morgan fingerprint density at radius 3 is 2.67 bits per heavy atom. The highest BCUT2D eigenvalue weighted by Crippen LogP contribution is 2.25. The molecule has 0 saturated carbocycles. The summed E-state index contributed by atoms with van der Waals surface area (Å²) in [6.45, 7) is 4.15. The van der Waals surface area contributed by atoms with Crippen LogP contribution >= 0.6 is 0 Å². The Hall–Kier alpha value is -2.35. The van der Waals surface area contributed by atoms with Gasteiger partial charge in [0.15, 0.2) is 11.6 Å². The highest BCUT2D eigenvalue weighted by Gasteiger charge is 2.18. The summed E-state index contributed by atoms with van der Waals surface area (Å²) in [7, 11) is 0. The van der Waals surface area contributed by atoms with E-state index in [9.17, 15) is 19.6 Å². The van der Waals surface area contributed by atoms with Gasteiger partial charge in [-0.05, 0) is 12.0 Å². The molecule has 1 N–H and O–H groups in total. The van der Waals surface area contributed by atoms with Crippen LogP contribution in [-0.2, 0) is 13.2 Å². The lowest BCUT2D eigenvalue weighted by Gasteiger charge is -2.11. The molecule has 7 nitrogen and oxygen atoms in total. The Bertz CT molecular complexity index is 669. The lowest BCUT2D eigenvalue weighted by Crippen LogP contribution is -2.10. The fraction of sp³-hybridized carbons (Fsp3) is 0.385. The number of halogens is 1. The second-order valence-electron chi connectivity index (χ2n) is 5.06. The van der Waals surface area contributed by atoms with Gasteiger partial charge in [0, 0.05) is 18.2 Å². The molecular weight excluding hydrogens is 279 g/mol. The second-order valence-corrected chi connectivity index (χ2v) is 5.06. The topological polar surface area (TPSA) is 94.1 Å². The van der Waals surface area contributed by atoms with E-state index >= 15 is 0 Å². The van der Waals surface area contributed by atoms with E-state index in [0.29, 0.717) is 18.2 Å². The van der Waals surface area contributed by atoms with Crippen LogP contribution in [0.5, 0.6) is 0 Å². The molecule has 8 heteroatoms. The van der Waals surface area contributed by atoms with Crippen molar-refractivity contribution in [3.63, 3.8) is 0 Å². The first-order chi connectivity index (χ1) is 9.92. The van der Waals surface area contributed by atoms with Gasteiger partial charge >= 0.3 is 0 Å². The first kappa shape index (κ1) is 15.0. The second kappa shape index (κ2) is 5.96. The van der Waals surface area contributed by atoms with Gasteiger partial charge in [-0.3, -0.25) is 10.1 Å². The van der Waals surface area contributed by atoms with Crippen molar-refractivity contribution in [2.45, 2.75) is 27.0 Å². The summed E-state index contributed by atoms with van der Waals surface area (Å²) < 4.78 is 15.2. The fourth-order valence-corrected chi connectivity index (χ4v) is 2.03. The van der Waals surface area contributed by atoms with Gasteiger partial charge in [-0.1, -0.05) is 13.8 Å². The Morgan fingerprint density at radius 2 is 2.10 bits per heavy atom. The van der Waals surface area contributed by atoms with Crippen LogP contribution in [0.4, 0.5) is 10.1 Å². The number of benzene rings is 1. The van der Waals surface area contributed by atoms with Gasteiger partial charge in [0.05, 0.1) is 11.0 Å². The minimum atomic E-state index is -0.719. The van der Waals surface area contributed by atoms with Gasteiger partial charge in [-0.2, -0.15) is 0 Å². The summed E-state index contributed by atoms with van der Waals surface area (Å²) in [5, 5.41) is 27.9. The van der Waals surface area contributed by atoms with Crippen molar-refractivity contribution in [1.29, 1.82) is 0 Å². The minimum absolute atomic E-state index is 0.244. The number of nitrogens with zero attached hydrogens (tertiary/aromatic N) is 4. The van der Waals surface area contributed by atoms with E-state index in [1.807, 2.05) is 13.8 Å². The summed E-state index contributed by atoms with van der Waals surface area (Å²) in [6.07, 6.45) is 0. The largest absolute Gasteiger partial charge is 0.388 e. The smallest absolute Gasteiger partial charge is 0.273 e. The molecule has 1 aromatic heterocycles. The van der Waals surface area contributed by atoms with Gasteiger partial charge < -0.3 is 9.67 Å². The van der Waals surface area contributed by atoms with Crippen LogP contribution in [0.2, 0.25) is 0 Å². The number of non-ortho nitro benzene ring substituents is 1. The van der Waals surface area contributed by atoms with Crippen molar-refractivity contribution in [2.24, 2.45) is 5.92 Å². The van der Waals surface area contributed by atoms with Crippen LogP contribution in [0.15, 0.2) is 18.2 Å². The summed E-state index contributed by atoms with van der Waals surface area (Å²) >= 11 is 0. The molecule has 2 aromatic rings. The maximum absolute atomic E-state index is 13.5. The van der Waals surface area contributed by atoms with Crippen molar-refractivity contribution < 1.29 is 14.4 Å². The molecule has 0 bridgehead atoms. The van der Waals surface area contributed by atoms with Crippen molar-refractivity contribution in [2.75, 3.05) is 0 Å². The molecule has 0 fully saturated rings. The highest BCUT2D eigenvalue weighted by molar-refractivity contribution is 5.59. The van der Waals surface area contributed by atoms with E-state index in [0.717, 1.165) is 12.1 Å². The number of hydrogen-bond acceptors (Lipinski definition) is 5. The maximum atomic E-state index is 13.5. The number of rotatable bonds is 5. The predicted octanol–water partition coefficient (Wildman–Crippen LogP) is 2.14. The maximum Gasteiger partial charge on any atom is 0.273 e. The zero-order valence-electron chi connectivity index (χ0n) is 11.7. The molecule has 2 rings (SSSR count). The molecule has 0 atom stereocenters. The van der Waals surface area contributed by atoms with Crippen LogP contribution in [0.1, 0.15) is 19.7 Å². The van der Waals surface area contributed by atoms with Gasteiger partial charge in [0.1, 0.15) is 12.4 Å². The van der Waals surface area contributed by atoms with E-state index in [-0.39, 0.29) is 23.8 Å². The number of aliphatic hydroxyl groups excluding tert-OH is 1. The van der Waals surface area contributed by atoms with Crippen LogP contribution in [0.3, 0.4) is 0 Å². The van der Waals surface area contributed by atoms with Crippen molar-refractivity contribution in [3.05, 3.63) is 40.0 Å². The van der Waals surface area contributed by atoms with Gasteiger partial charge in [0.25, 0.3) is 5.69 Å². The quantitative estimate of drug-likeness (QED) is 0.673. The van der Waals surface area contributed by atoms with Crippen molar-refractivity contribution in [3.8, 4) is 11.4 Å². The van der Waals surface area contributed by atoms with Gasteiger partial charge in [0.2, 0.25) is 0 Å². The first-order valence-electron chi connectivity index (χ1n) is 6.40. The van der Waals surface area contributed by atoms with E-state index < -0.39 is 10.7 Å². The minimum Gasteiger partial charge on any atom is -0.388 e. The molecule has 112 valence electrons. The molecule has 0 radical (unpaired) electrons. The molecule has 0 spiro atoms. The fourth-order valence-electron chi connectivity index (χ4n) is 2.03. The number of nitro benzene ring substituents is 1. The SMILES string of the molecule is CC(C)Cn1c(CO)nnc1-c1cc(F)cc([N+](=O)[O-])c1. The Morgan fingerprint density at radius 1 is 1.38 bits per heavy atom. The number of hydrogen-bond donors (Lipinski definition) is 1. The summed E-state index contributed by atoms with van der Waals surface area (Å²) in [4.78, 5) is 10.2. The average molecular weight is 294 g/mol. The van der Waals surface area contributed by atoms with E-state index in [2.05, 4.69) is 10.2 Å². The zero-order chi connectivity index (χ0) is 15.6. The Labute approximate surface area is 120 Å². The molecule has 0 unspecified atom stereocenters. The zero-order valence-corrected chi connectivity index (χ0v) is 11.7. The Balaban J connectivity index is 2.56. The van der Waals surface area contributed by atoms with E-state index in [1.165, 1.54) is 6.07 Å². The normalized spacial score (nSPS) is 11.1. The molecule has 0 saturated heterocycles. The molecule has 21 heavy (non-hydrogen) atoms. The van der Waals surface area contributed by atoms with E-state index in [4.69, 9.17) is 0 Å². The van der Waals surface area contributed by atoms with Crippen LogP contribution in [0.25, 0.3) is 11.4 Å². The standard InChI is InChI=1S/C13H15FN4O3/c1-8(2)6-17-12(7-19)15-16-13(17)9-3-10(14)5-11(4-9)18(20)21/h3-5,8,19H,6-7H2,1-2H3. The summed E-state index contributed by atoms with van der Waals surface area (Å²) in [5.41, 5.74) is -0.0933. The number of aliphatic hydroxyl groups is 1.